The summed E-state index contributed by atoms with van der Waals surface area (Å²) in [6.07, 6.45) is 4.29. The molecule has 0 aromatic carbocycles. The highest BCUT2D eigenvalue weighted by atomic mass is 16.5. The number of carbonyl (C=O) groups is 3. The van der Waals surface area contributed by atoms with Crippen molar-refractivity contribution in [3.05, 3.63) is 36.3 Å². The Hall–Kier alpha value is -2.41. The number of rotatable bonds is 2. The van der Waals surface area contributed by atoms with Crippen LogP contribution in [0, 0.1) is 23.7 Å². The maximum atomic E-state index is 13.4. The SMILES string of the molecule is C[C@@H]1C(=O)[C@@H](C)[C@@H]2N(C(=O)[C@H]3[C@@H](C(=O)[O-])[C@H]4C=C[C@@]23O4)[C@@H]1c1ccco1. The summed E-state index contributed by atoms with van der Waals surface area (Å²) in [7, 11) is 0. The van der Waals surface area contributed by atoms with Crippen LogP contribution in [0.4, 0.5) is 0 Å². The lowest BCUT2D eigenvalue weighted by atomic mass is 9.69. The van der Waals surface area contributed by atoms with Crippen molar-refractivity contribution in [2.45, 2.75) is 37.6 Å². The molecule has 1 amide bonds. The third-order valence-corrected chi connectivity index (χ3v) is 6.62. The van der Waals surface area contributed by atoms with Gasteiger partial charge < -0.3 is 24.0 Å². The monoisotopic (exact) mass is 356 g/mol. The molecule has 1 aromatic heterocycles. The van der Waals surface area contributed by atoms with E-state index in [0.29, 0.717) is 5.76 Å². The van der Waals surface area contributed by atoms with Gasteiger partial charge in [0.05, 0.1) is 30.4 Å². The Morgan fingerprint density at radius 2 is 2.04 bits per heavy atom. The Kier molecular flexibility index (Phi) is 2.95. The highest BCUT2D eigenvalue weighted by molar-refractivity contribution is 5.95. The molecular formula is C19H18NO6-. The van der Waals surface area contributed by atoms with Crippen molar-refractivity contribution in [2.75, 3.05) is 0 Å². The van der Waals surface area contributed by atoms with Gasteiger partial charge in [-0.05, 0) is 12.1 Å². The molecular weight excluding hydrogens is 338 g/mol. The number of hydrogen-bond donors (Lipinski definition) is 0. The summed E-state index contributed by atoms with van der Waals surface area (Å²) in [4.78, 5) is 39.7. The van der Waals surface area contributed by atoms with Gasteiger partial charge in [0.25, 0.3) is 0 Å². The smallest absolute Gasteiger partial charge is 0.230 e. The van der Waals surface area contributed by atoms with Crippen molar-refractivity contribution >= 4 is 17.7 Å². The molecule has 5 heterocycles. The highest BCUT2D eigenvalue weighted by Crippen LogP contribution is 2.60. The van der Waals surface area contributed by atoms with E-state index in [4.69, 9.17) is 9.15 Å². The lowest BCUT2D eigenvalue weighted by Gasteiger charge is -2.46. The second-order valence-corrected chi connectivity index (χ2v) is 7.75. The van der Waals surface area contributed by atoms with Crippen molar-refractivity contribution in [1.82, 2.24) is 4.90 Å². The van der Waals surface area contributed by atoms with Gasteiger partial charge in [0.15, 0.2) is 0 Å². The number of ether oxygens (including phenoxy) is 1. The second kappa shape index (κ2) is 4.85. The standard InChI is InChI=1S/C19H19NO6/c1-8-14(11-4-3-7-25-11)20-16(9(2)15(8)21)19-6-5-10(26-19)12(18(23)24)13(19)17(20)22/h3-10,12-14,16H,1-2H3,(H,23,24)/p-1/t8-,9+,10+,12-,13+,14-,16-,19-/m0/s1. The van der Waals surface area contributed by atoms with E-state index in [-0.39, 0.29) is 11.7 Å². The van der Waals surface area contributed by atoms with Gasteiger partial charge in [0, 0.05) is 23.7 Å². The van der Waals surface area contributed by atoms with E-state index >= 15 is 0 Å². The van der Waals surface area contributed by atoms with E-state index in [1.54, 1.807) is 43.0 Å². The summed E-state index contributed by atoms with van der Waals surface area (Å²) < 4.78 is 11.6. The summed E-state index contributed by atoms with van der Waals surface area (Å²) in [5.74, 6) is -3.87. The number of carboxylic acid groups (broad SMARTS) is 1. The molecule has 1 spiro atoms. The number of fused-ring (bicyclic) bond motifs is 2. The first kappa shape index (κ1) is 15.8. The van der Waals surface area contributed by atoms with Crippen LogP contribution in [0.15, 0.2) is 35.0 Å². The van der Waals surface area contributed by atoms with Gasteiger partial charge >= 0.3 is 0 Å². The maximum Gasteiger partial charge on any atom is 0.230 e. The fraction of sp³-hybridized carbons (Fsp3) is 0.526. The molecule has 7 heteroatoms. The Balaban J connectivity index is 1.69. The van der Waals surface area contributed by atoms with E-state index in [1.165, 1.54) is 6.26 Å². The summed E-state index contributed by atoms with van der Waals surface area (Å²) in [5.41, 5.74) is -1.09. The number of aliphatic carboxylic acids is 1. The molecule has 4 aliphatic rings. The first-order chi connectivity index (χ1) is 12.4. The van der Waals surface area contributed by atoms with Gasteiger partial charge in [-0.25, -0.2) is 0 Å². The Bertz CT molecular complexity index is 844. The zero-order valence-electron chi connectivity index (χ0n) is 14.3. The number of ketones is 1. The zero-order chi connectivity index (χ0) is 18.4. The van der Waals surface area contributed by atoms with Crippen molar-refractivity contribution in [1.29, 1.82) is 0 Å². The number of amides is 1. The maximum absolute atomic E-state index is 13.4. The third kappa shape index (κ3) is 1.60. The summed E-state index contributed by atoms with van der Waals surface area (Å²) in [6, 6.07) is 2.34. The molecule has 5 rings (SSSR count). The molecule has 2 bridgehead atoms. The number of carboxylic acids is 1. The molecule has 0 unspecified atom stereocenters. The van der Waals surface area contributed by atoms with Crippen LogP contribution < -0.4 is 5.11 Å². The molecule has 3 fully saturated rings. The lowest BCUT2D eigenvalue weighted by molar-refractivity contribution is -0.313. The predicted molar refractivity (Wildman–Crippen MR) is 84.1 cm³/mol. The van der Waals surface area contributed by atoms with Crippen molar-refractivity contribution in [3.63, 3.8) is 0 Å². The van der Waals surface area contributed by atoms with E-state index in [2.05, 4.69) is 0 Å². The summed E-state index contributed by atoms with van der Waals surface area (Å²) >= 11 is 0. The van der Waals surface area contributed by atoms with E-state index in [1.807, 2.05) is 0 Å². The van der Waals surface area contributed by atoms with Crippen LogP contribution in [0.3, 0.4) is 0 Å². The van der Waals surface area contributed by atoms with Crippen molar-refractivity contribution < 1.29 is 28.6 Å². The molecule has 1 aromatic rings. The quantitative estimate of drug-likeness (QED) is 0.696. The number of furan rings is 1. The predicted octanol–water partition coefficient (Wildman–Crippen LogP) is 0.0761. The highest BCUT2D eigenvalue weighted by Gasteiger charge is 2.73. The van der Waals surface area contributed by atoms with Crippen LogP contribution in [0.1, 0.15) is 25.6 Å². The minimum absolute atomic E-state index is 0.0211. The van der Waals surface area contributed by atoms with Gasteiger partial charge in [0.1, 0.15) is 17.1 Å². The molecule has 4 aliphatic heterocycles. The fourth-order valence-corrected chi connectivity index (χ4v) is 5.64. The first-order valence-electron chi connectivity index (χ1n) is 8.86. The fourth-order valence-electron chi connectivity index (χ4n) is 5.64. The minimum atomic E-state index is -1.29. The third-order valence-electron chi connectivity index (χ3n) is 6.62. The first-order valence-corrected chi connectivity index (χ1v) is 8.86. The van der Waals surface area contributed by atoms with Crippen molar-refractivity contribution in [2.24, 2.45) is 23.7 Å². The largest absolute Gasteiger partial charge is 0.550 e. The second-order valence-electron chi connectivity index (χ2n) is 7.75. The van der Waals surface area contributed by atoms with Gasteiger partial charge in [0.2, 0.25) is 5.91 Å². The van der Waals surface area contributed by atoms with Gasteiger partial charge in [-0.1, -0.05) is 26.0 Å². The van der Waals surface area contributed by atoms with Crippen LogP contribution in [0.2, 0.25) is 0 Å². The Labute approximate surface area is 149 Å². The van der Waals surface area contributed by atoms with Crippen LogP contribution in [-0.4, -0.2) is 40.3 Å². The topological polar surface area (TPSA) is 99.9 Å². The average Bonchev–Trinajstić information content (AvgIpc) is 3.35. The van der Waals surface area contributed by atoms with Gasteiger partial charge in [-0.2, -0.15) is 0 Å². The number of carbonyl (C=O) groups excluding carboxylic acids is 3. The van der Waals surface area contributed by atoms with Gasteiger partial charge in [-0.15, -0.1) is 0 Å². The Morgan fingerprint density at radius 1 is 1.27 bits per heavy atom. The molecule has 26 heavy (non-hydrogen) atoms. The number of nitrogens with zero attached hydrogens (tertiary/aromatic N) is 1. The summed E-state index contributed by atoms with van der Waals surface area (Å²) in [5, 5.41) is 11.7. The van der Waals surface area contributed by atoms with Crippen LogP contribution in [0.5, 0.6) is 0 Å². The van der Waals surface area contributed by atoms with Crippen LogP contribution in [-0.2, 0) is 19.1 Å². The molecule has 7 nitrogen and oxygen atoms in total. The molecule has 0 radical (unpaired) electrons. The van der Waals surface area contributed by atoms with Gasteiger partial charge in [-0.3, -0.25) is 9.59 Å². The molecule has 3 saturated heterocycles. The van der Waals surface area contributed by atoms with E-state index in [9.17, 15) is 19.5 Å². The molecule has 0 aliphatic carbocycles. The zero-order valence-corrected chi connectivity index (χ0v) is 14.3. The number of piperidine rings is 1. The normalized spacial score (nSPS) is 45.9. The number of Topliss-reactive ketones (excluding diaryl/α,β-unsaturated/α-hetero) is 1. The van der Waals surface area contributed by atoms with Crippen molar-refractivity contribution in [3.8, 4) is 0 Å². The van der Waals surface area contributed by atoms with E-state index < -0.39 is 53.4 Å². The van der Waals surface area contributed by atoms with Crippen LogP contribution >= 0.6 is 0 Å². The minimum Gasteiger partial charge on any atom is -0.550 e. The number of hydrogen-bond acceptors (Lipinski definition) is 6. The average molecular weight is 356 g/mol. The lowest BCUT2D eigenvalue weighted by Crippen LogP contribution is -2.58. The van der Waals surface area contributed by atoms with E-state index in [0.717, 1.165) is 0 Å². The molecule has 0 saturated carbocycles. The summed E-state index contributed by atoms with van der Waals surface area (Å²) in [6.45, 7) is 3.57. The Morgan fingerprint density at radius 3 is 2.69 bits per heavy atom. The molecule has 0 N–H and O–H groups in total. The molecule has 8 atom stereocenters. The molecule has 136 valence electrons. The van der Waals surface area contributed by atoms with Crippen LogP contribution in [0.25, 0.3) is 0 Å².